The SMILES string of the molecule is O=C1CCN1C1(C(=O)Nc2ccc(N3CCOCC3)cc2)CCC2Cc3ccccc3CC2C1. The Kier molecular flexibility index (Phi) is 5.56. The number of anilines is 2. The quantitative estimate of drug-likeness (QED) is 0.709. The zero-order valence-corrected chi connectivity index (χ0v) is 19.7. The number of carbonyl (C=O) groups is 2. The molecule has 2 aromatic carbocycles. The third kappa shape index (κ3) is 3.78. The van der Waals surface area contributed by atoms with Gasteiger partial charge in [0.1, 0.15) is 5.54 Å². The Balaban J connectivity index is 1.21. The molecule has 2 aliphatic heterocycles. The Bertz CT molecular complexity index is 1080. The maximum absolute atomic E-state index is 13.8. The molecule has 34 heavy (non-hydrogen) atoms. The number of rotatable bonds is 4. The first-order valence-electron chi connectivity index (χ1n) is 12.7. The van der Waals surface area contributed by atoms with Crippen molar-refractivity contribution in [3.8, 4) is 0 Å². The summed E-state index contributed by atoms with van der Waals surface area (Å²) in [5.74, 6) is 1.14. The minimum Gasteiger partial charge on any atom is -0.378 e. The van der Waals surface area contributed by atoms with E-state index < -0.39 is 5.54 Å². The van der Waals surface area contributed by atoms with Gasteiger partial charge in [0.15, 0.2) is 0 Å². The molecule has 6 nitrogen and oxygen atoms in total. The Morgan fingerprint density at radius 2 is 1.65 bits per heavy atom. The van der Waals surface area contributed by atoms with Crippen LogP contribution in [0, 0.1) is 11.8 Å². The number of benzene rings is 2. The summed E-state index contributed by atoms with van der Waals surface area (Å²) in [5.41, 5.74) is 4.08. The smallest absolute Gasteiger partial charge is 0.250 e. The number of hydrogen-bond donors (Lipinski definition) is 1. The summed E-state index contributed by atoms with van der Waals surface area (Å²) in [6.45, 7) is 3.96. The van der Waals surface area contributed by atoms with Crippen LogP contribution in [0.25, 0.3) is 0 Å². The Morgan fingerprint density at radius 1 is 0.941 bits per heavy atom. The lowest BCUT2D eigenvalue weighted by atomic mass is 9.62. The molecule has 3 fully saturated rings. The Hall–Kier alpha value is -2.86. The van der Waals surface area contributed by atoms with Gasteiger partial charge < -0.3 is 19.9 Å². The van der Waals surface area contributed by atoms with Crippen molar-refractivity contribution < 1.29 is 14.3 Å². The lowest BCUT2D eigenvalue weighted by Crippen LogP contribution is -2.66. The fourth-order valence-electron chi connectivity index (χ4n) is 6.56. The fraction of sp³-hybridized carbons (Fsp3) is 0.500. The van der Waals surface area contributed by atoms with Gasteiger partial charge >= 0.3 is 0 Å². The van der Waals surface area contributed by atoms with E-state index in [1.54, 1.807) is 0 Å². The van der Waals surface area contributed by atoms with E-state index in [-0.39, 0.29) is 11.8 Å². The average molecular weight is 460 g/mol. The van der Waals surface area contributed by atoms with E-state index in [1.165, 1.54) is 11.1 Å². The molecule has 0 aromatic heterocycles. The molecule has 0 bridgehead atoms. The van der Waals surface area contributed by atoms with Crippen molar-refractivity contribution in [2.24, 2.45) is 11.8 Å². The molecule has 2 aromatic rings. The summed E-state index contributed by atoms with van der Waals surface area (Å²) < 4.78 is 5.45. The second-order valence-electron chi connectivity index (χ2n) is 10.4. The summed E-state index contributed by atoms with van der Waals surface area (Å²) >= 11 is 0. The number of ether oxygens (including phenoxy) is 1. The molecule has 2 saturated heterocycles. The monoisotopic (exact) mass is 459 g/mol. The van der Waals surface area contributed by atoms with Gasteiger partial charge in [-0.2, -0.15) is 0 Å². The second kappa shape index (κ2) is 8.73. The van der Waals surface area contributed by atoms with Crippen LogP contribution in [-0.4, -0.2) is 55.1 Å². The van der Waals surface area contributed by atoms with Crippen molar-refractivity contribution in [3.05, 3.63) is 59.7 Å². The zero-order valence-electron chi connectivity index (χ0n) is 19.7. The van der Waals surface area contributed by atoms with Gasteiger partial charge in [0, 0.05) is 37.4 Å². The minimum absolute atomic E-state index is 0.0167. The maximum atomic E-state index is 13.8. The Morgan fingerprint density at radius 3 is 2.29 bits per heavy atom. The Labute approximate surface area is 201 Å². The van der Waals surface area contributed by atoms with E-state index in [4.69, 9.17) is 4.74 Å². The standard InChI is InChI=1S/C28H33N3O3/c32-26-10-12-31(26)28(11-9-22-17-20-3-1-2-4-21(20)18-23(22)19-28)27(33)29-24-5-7-25(8-6-24)30-13-15-34-16-14-30/h1-8,22-23H,9-19H2,(H,29,33). The predicted molar refractivity (Wildman–Crippen MR) is 132 cm³/mol. The van der Waals surface area contributed by atoms with Crippen LogP contribution in [0.5, 0.6) is 0 Å². The van der Waals surface area contributed by atoms with Crippen LogP contribution < -0.4 is 10.2 Å². The van der Waals surface area contributed by atoms with Gasteiger partial charge in [-0.25, -0.2) is 0 Å². The van der Waals surface area contributed by atoms with Crippen LogP contribution in [0.4, 0.5) is 11.4 Å². The van der Waals surface area contributed by atoms with Crippen LogP contribution in [0.15, 0.2) is 48.5 Å². The van der Waals surface area contributed by atoms with Crippen LogP contribution in [0.1, 0.15) is 36.8 Å². The van der Waals surface area contributed by atoms with E-state index in [0.717, 1.165) is 69.8 Å². The lowest BCUT2D eigenvalue weighted by Gasteiger charge is -2.53. The highest BCUT2D eigenvalue weighted by Crippen LogP contribution is 2.47. The van der Waals surface area contributed by atoms with E-state index in [0.29, 0.717) is 24.8 Å². The summed E-state index contributed by atoms with van der Waals surface area (Å²) in [6, 6.07) is 16.8. The molecule has 0 radical (unpaired) electrons. The molecule has 1 saturated carbocycles. The number of β-lactam (4-membered cyclic amide) rings is 1. The largest absolute Gasteiger partial charge is 0.378 e. The number of carbonyl (C=O) groups excluding carboxylic acids is 2. The predicted octanol–water partition coefficient (Wildman–Crippen LogP) is 3.65. The summed E-state index contributed by atoms with van der Waals surface area (Å²) in [7, 11) is 0. The topological polar surface area (TPSA) is 61.9 Å². The van der Waals surface area contributed by atoms with Crippen molar-refractivity contribution in [1.29, 1.82) is 0 Å². The molecule has 178 valence electrons. The number of amides is 2. The average Bonchev–Trinajstić information content (AvgIpc) is 2.87. The number of nitrogens with one attached hydrogen (secondary N) is 1. The number of hydrogen-bond acceptors (Lipinski definition) is 4. The summed E-state index contributed by atoms with van der Waals surface area (Å²) in [4.78, 5) is 30.6. The van der Waals surface area contributed by atoms with E-state index >= 15 is 0 Å². The van der Waals surface area contributed by atoms with Crippen molar-refractivity contribution >= 4 is 23.2 Å². The van der Waals surface area contributed by atoms with Gasteiger partial charge in [-0.1, -0.05) is 24.3 Å². The van der Waals surface area contributed by atoms with E-state index in [2.05, 4.69) is 46.6 Å². The van der Waals surface area contributed by atoms with Gasteiger partial charge in [-0.05, 0) is 79.3 Å². The fourth-order valence-corrected chi connectivity index (χ4v) is 6.56. The number of fused-ring (bicyclic) bond motifs is 2. The zero-order chi connectivity index (χ0) is 23.1. The van der Waals surface area contributed by atoms with Gasteiger partial charge in [0.05, 0.1) is 13.2 Å². The highest BCUT2D eigenvalue weighted by Gasteiger charge is 2.54. The highest BCUT2D eigenvalue weighted by atomic mass is 16.5. The summed E-state index contributed by atoms with van der Waals surface area (Å²) in [6.07, 6.45) is 5.16. The number of likely N-dealkylation sites (tertiary alicyclic amines) is 1. The third-order valence-electron chi connectivity index (χ3n) is 8.57. The molecule has 4 aliphatic rings. The molecule has 2 amide bonds. The van der Waals surface area contributed by atoms with Crippen molar-refractivity contribution in [3.63, 3.8) is 0 Å². The molecule has 2 heterocycles. The second-order valence-corrected chi connectivity index (χ2v) is 10.4. The molecule has 0 spiro atoms. The van der Waals surface area contributed by atoms with Crippen molar-refractivity contribution in [1.82, 2.24) is 4.90 Å². The van der Waals surface area contributed by atoms with Gasteiger partial charge in [-0.15, -0.1) is 0 Å². The van der Waals surface area contributed by atoms with Gasteiger partial charge in [-0.3, -0.25) is 9.59 Å². The molecular weight excluding hydrogens is 426 g/mol. The molecule has 6 rings (SSSR count). The van der Waals surface area contributed by atoms with Crippen molar-refractivity contribution in [2.45, 2.75) is 44.1 Å². The van der Waals surface area contributed by atoms with Gasteiger partial charge in [0.2, 0.25) is 11.8 Å². The first kappa shape index (κ1) is 21.7. The van der Waals surface area contributed by atoms with Crippen LogP contribution in [0.3, 0.4) is 0 Å². The highest BCUT2D eigenvalue weighted by molar-refractivity contribution is 6.01. The van der Waals surface area contributed by atoms with Gasteiger partial charge in [0.25, 0.3) is 0 Å². The molecular formula is C28H33N3O3. The third-order valence-corrected chi connectivity index (χ3v) is 8.57. The normalized spacial score (nSPS) is 28.5. The first-order chi connectivity index (χ1) is 16.6. The first-order valence-corrected chi connectivity index (χ1v) is 12.7. The van der Waals surface area contributed by atoms with Crippen LogP contribution in [0.2, 0.25) is 0 Å². The minimum atomic E-state index is -0.730. The van der Waals surface area contributed by atoms with E-state index in [1.807, 2.05) is 17.0 Å². The molecule has 2 aliphatic carbocycles. The number of morpholine rings is 1. The maximum Gasteiger partial charge on any atom is 0.250 e. The van der Waals surface area contributed by atoms with Crippen LogP contribution >= 0.6 is 0 Å². The molecule has 3 unspecified atom stereocenters. The lowest BCUT2D eigenvalue weighted by molar-refractivity contribution is -0.159. The van der Waals surface area contributed by atoms with Crippen LogP contribution in [-0.2, 0) is 27.2 Å². The molecule has 3 atom stereocenters. The summed E-state index contributed by atoms with van der Waals surface area (Å²) in [5, 5.41) is 3.19. The molecule has 6 heteroatoms. The molecule has 1 N–H and O–H groups in total. The number of nitrogens with zero attached hydrogens (tertiary/aromatic N) is 2. The van der Waals surface area contributed by atoms with Crippen molar-refractivity contribution in [2.75, 3.05) is 43.1 Å². The van der Waals surface area contributed by atoms with E-state index in [9.17, 15) is 9.59 Å².